The molecule has 2 saturated heterocycles. The minimum absolute atomic E-state index is 0.480. The number of nitrogens with zero attached hydrogens (tertiary/aromatic N) is 1. The molecule has 0 spiro atoms. The van der Waals surface area contributed by atoms with E-state index in [0.717, 1.165) is 11.5 Å². The standard InChI is InChI=1S/C16H23NO2/c1-2-9-17(8-1)10-4-6-14-5-3-7-15-16(13-14)19-12-11-18-15/h3,5,7,13-14H,1-2,4,6,8-12H2. The van der Waals surface area contributed by atoms with Gasteiger partial charge in [0.25, 0.3) is 0 Å². The summed E-state index contributed by atoms with van der Waals surface area (Å²) in [4.78, 5) is 2.58. The van der Waals surface area contributed by atoms with Gasteiger partial charge in [-0.2, -0.15) is 0 Å². The van der Waals surface area contributed by atoms with Crippen molar-refractivity contribution in [3.05, 3.63) is 35.8 Å². The van der Waals surface area contributed by atoms with E-state index in [2.05, 4.69) is 23.1 Å². The van der Waals surface area contributed by atoms with Crippen molar-refractivity contribution in [3.8, 4) is 0 Å². The molecule has 0 bridgehead atoms. The summed E-state index contributed by atoms with van der Waals surface area (Å²) in [5.74, 6) is 2.31. The molecule has 3 heteroatoms. The molecule has 1 unspecified atom stereocenters. The van der Waals surface area contributed by atoms with Crippen molar-refractivity contribution in [2.75, 3.05) is 32.8 Å². The Balaban J connectivity index is 1.50. The topological polar surface area (TPSA) is 21.7 Å². The van der Waals surface area contributed by atoms with Gasteiger partial charge >= 0.3 is 0 Å². The van der Waals surface area contributed by atoms with E-state index < -0.39 is 0 Å². The molecular formula is C16H23NO2. The van der Waals surface area contributed by atoms with Crippen molar-refractivity contribution in [1.29, 1.82) is 0 Å². The molecule has 0 saturated carbocycles. The van der Waals surface area contributed by atoms with E-state index in [9.17, 15) is 0 Å². The third-order valence-corrected chi connectivity index (χ3v) is 4.02. The second-order valence-electron chi connectivity index (χ2n) is 5.50. The van der Waals surface area contributed by atoms with Crippen molar-refractivity contribution in [3.63, 3.8) is 0 Å². The maximum atomic E-state index is 5.69. The van der Waals surface area contributed by atoms with E-state index in [-0.39, 0.29) is 0 Å². The molecule has 2 heterocycles. The quantitative estimate of drug-likeness (QED) is 0.776. The molecule has 0 aromatic carbocycles. The van der Waals surface area contributed by atoms with Crippen LogP contribution in [0.2, 0.25) is 0 Å². The summed E-state index contributed by atoms with van der Waals surface area (Å²) in [5, 5.41) is 0. The lowest BCUT2D eigenvalue weighted by Gasteiger charge is -2.21. The Kier molecular flexibility index (Phi) is 4.23. The highest BCUT2D eigenvalue weighted by atomic mass is 16.6. The van der Waals surface area contributed by atoms with E-state index in [4.69, 9.17) is 9.47 Å². The third kappa shape index (κ3) is 3.41. The van der Waals surface area contributed by atoms with Crippen LogP contribution in [0.5, 0.6) is 0 Å². The molecule has 0 amide bonds. The normalized spacial score (nSPS) is 26.8. The zero-order valence-electron chi connectivity index (χ0n) is 11.5. The van der Waals surface area contributed by atoms with Gasteiger partial charge in [-0.15, -0.1) is 0 Å². The molecule has 2 aliphatic heterocycles. The highest BCUT2D eigenvalue weighted by Crippen LogP contribution is 2.25. The average molecular weight is 261 g/mol. The van der Waals surface area contributed by atoms with Crippen LogP contribution in [-0.4, -0.2) is 37.7 Å². The van der Waals surface area contributed by atoms with Gasteiger partial charge in [0.05, 0.1) is 0 Å². The summed E-state index contributed by atoms with van der Waals surface area (Å²) < 4.78 is 11.3. The fourth-order valence-electron chi connectivity index (χ4n) is 2.98. The second-order valence-corrected chi connectivity index (χ2v) is 5.50. The molecule has 0 radical (unpaired) electrons. The first-order valence-corrected chi connectivity index (χ1v) is 7.50. The van der Waals surface area contributed by atoms with Crippen molar-refractivity contribution in [2.45, 2.75) is 25.7 Å². The van der Waals surface area contributed by atoms with Gasteiger partial charge in [0.1, 0.15) is 13.2 Å². The van der Waals surface area contributed by atoms with Gasteiger partial charge in [0.2, 0.25) is 0 Å². The Labute approximate surface area is 115 Å². The van der Waals surface area contributed by atoms with E-state index in [1.807, 2.05) is 6.08 Å². The Morgan fingerprint density at radius 1 is 1.11 bits per heavy atom. The molecule has 104 valence electrons. The lowest BCUT2D eigenvalue weighted by molar-refractivity contribution is 0.0588. The van der Waals surface area contributed by atoms with Crippen LogP contribution in [0, 0.1) is 5.92 Å². The van der Waals surface area contributed by atoms with Crippen LogP contribution < -0.4 is 0 Å². The van der Waals surface area contributed by atoms with Gasteiger partial charge in [0.15, 0.2) is 11.5 Å². The van der Waals surface area contributed by atoms with E-state index in [1.165, 1.54) is 45.3 Å². The van der Waals surface area contributed by atoms with Gasteiger partial charge in [0, 0.05) is 0 Å². The number of allylic oxidation sites excluding steroid dienone is 4. The van der Waals surface area contributed by atoms with Crippen molar-refractivity contribution < 1.29 is 9.47 Å². The van der Waals surface area contributed by atoms with Crippen LogP contribution >= 0.6 is 0 Å². The Morgan fingerprint density at radius 3 is 2.74 bits per heavy atom. The third-order valence-electron chi connectivity index (χ3n) is 4.02. The molecule has 0 aromatic rings. The fourth-order valence-corrected chi connectivity index (χ4v) is 2.98. The minimum Gasteiger partial charge on any atom is -0.486 e. The minimum atomic E-state index is 0.480. The lowest BCUT2D eigenvalue weighted by atomic mass is 10.0. The smallest absolute Gasteiger partial charge is 0.161 e. The summed E-state index contributed by atoms with van der Waals surface area (Å²) in [6.45, 7) is 5.17. The summed E-state index contributed by atoms with van der Waals surface area (Å²) in [7, 11) is 0. The first kappa shape index (κ1) is 12.8. The summed E-state index contributed by atoms with van der Waals surface area (Å²) in [6, 6.07) is 0. The second kappa shape index (κ2) is 6.29. The highest BCUT2D eigenvalue weighted by molar-refractivity contribution is 5.30. The van der Waals surface area contributed by atoms with Gasteiger partial charge in [-0.3, -0.25) is 0 Å². The zero-order chi connectivity index (χ0) is 12.9. The van der Waals surface area contributed by atoms with Crippen molar-refractivity contribution >= 4 is 0 Å². The van der Waals surface area contributed by atoms with Crippen LogP contribution in [0.3, 0.4) is 0 Å². The van der Waals surface area contributed by atoms with Crippen LogP contribution in [0.15, 0.2) is 35.8 Å². The SMILES string of the molecule is C1=CC(CCCN2CCCC2)C=C2OCCOC2=C1. The molecule has 1 aliphatic carbocycles. The van der Waals surface area contributed by atoms with Gasteiger partial charge < -0.3 is 14.4 Å². The van der Waals surface area contributed by atoms with Crippen LogP contribution in [-0.2, 0) is 9.47 Å². The zero-order valence-corrected chi connectivity index (χ0v) is 11.5. The molecule has 1 atom stereocenters. The molecule has 0 N–H and O–H groups in total. The summed E-state index contributed by atoms with van der Waals surface area (Å²) in [5.41, 5.74) is 0. The Bertz CT molecular complexity index is 392. The van der Waals surface area contributed by atoms with Gasteiger partial charge in [-0.1, -0.05) is 12.2 Å². The average Bonchev–Trinajstić information content (AvgIpc) is 2.85. The molecule has 3 rings (SSSR count). The lowest BCUT2D eigenvalue weighted by Crippen LogP contribution is -2.20. The summed E-state index contributed by atoms with van der Waals surface area (Å²) in [6.07, 6.45) is 13.8. The fraction of sp³-hybridized carbons (Fsp3) is 0.625. The number of hydrogen-bond acceptors (Lipinski definition) is 3. The maximum Gasteiger partial charge on any atom is 0.161 e. The molecule has 19 heavy (non-hydrogen) atoms. The van der Waals surface area contributed by atoms with Gasteiger partial charge in [-0.05, 0) is 63.4 Å². The Morgan fingerprint density at radius 2 is 1.89 bits per heavy atom. The van der Waals surface area contributed by atoms with E-state index in [0.29, 0.717) is 19.1 Å². The highest BCUT2D eigenvalue weighted by Gasteiger charge is 2.18. The Hall–Kier alpha value is -1.22. The first-order chi connectivity index (χ1) is 9.42. The predicted octanol–water partition coefficient (Wildman–Crippen LogP) is 2.86. The van der Waals surface area contributed by atoms with Gasteiger partial charge in [-0.25, -0.2) is 0 Å². The van der Waals surface area contributed by atoms with Crippen LogP contribution in [0.25, 0.3) is 0 Å². The molecule has 0 aromatic heterocycles. The van der Waals surface area contributed by atoms with Crippen molar-refractivity contribution in [1.82, 2.24) is 4.90 Å². The molecule has 2 fully saturated rings. The molecule has 3 nitrogen and oxygen atoms in total. The van der Waals surface area contributed by atoms with Crippen molar-refractivity contribution in [2.24, 2.45) is 5.92 Å². The number of rotatable bonds is 4. The molecular weight excluding hydrogens is 238 g/mol. The van der Waals surface area contributed by atoms with E-state index in [1.54, 1.807) is 0 Å². The molecule has 3 aliphatic rings. The number of hydrogen-bond donors (Lipinski definition) is 0. The van der Waals surface area contributed by atoms with Crippen LogP contribution in [0.4, 0.5) is 0 Å². The maximum absolute atomic E-state index is 5.69. The van der Waals surface area contributed by atoms with E-state index >= 15 is 0 Å². The first-order valence-electron chi connectivity index (χ1n) is 7.50. The summed E-state index contributed by atoms with van der Waals surface area (Å²) >= 11 is 0. The number of likely N-dealkylation sites (tertiary alicyclic amines) is 1. The predicted molar refractivity (Wildman–Crippen MR) is 75.6 cm³/mol. The number of fused-ring (bicyclic) bond motifs is 1. The van der Waals surface area contributed by atoms with Crippen LogP contribution in [0.1, 0.15) is 25.7 Å². The number of ether oxygens (including phenoxy) is 2. The monoisotopic (exact) mass is 261 g/mol. The largest absolute Gasteiger partial charge is 0.486 e.